The van der Waals surface area contributed by atoms with Crippen molar-refractivity contribution in [3.8, 4) is 0 Å². The van der Waals surface area contributed by atoms with Crippen LogP contribution in [0.3, 0.4) is 0 Å². The zero-order valence-electron chi connectivity index (χ0n) is 14.3. The van der Waals surface area contributed by atoms with E-state index in [0.29, 0.717) is 6.54 Å². The molecule has 0 bridgehead atoms. The molecule has 2 N–H and O–H groups in total. The van der Waals surface area contributed by atoms with Gasteiger partial charge in [0.15, 0.2) is 5.96 Å². The topological polar surface area (TPSA) is 39.7 Å². The Morgan fingerprint density at radius 3 is 2.29 bits per heavy atom. The minimum Gasteiger partial charge on any atom is -0.357 e. The number of benzene rings is 1. The maximum Gasteiger partial charge on any atom is 0.191 e. The molecule has 0 amide bonds. The molecule has 0 unspecified atom stereocenters. The molecule has 0 aliphatic rings. The lowest BCUT2D eigenvalue weighted by atomic mass is 10.1. The normalized spacial score (nSPS) is 12.6. The first-order chi connectivity index (χ1) is 9.81. The lowest BCUT2D eigenvalue weighted by molar-refractivity contribution is 0.401. The molecule has 0 saturated carbocycles. The van der Waals surface area contributed by atoms with Crippen molar-refractivity contribution in [2.75, 3.05) is 20.6 Å². The zero-order chi connectivity index (χ0) is 15.9. The highest BCUT2D eigenvalue weighted by Gasteiger charge is 2.11. The van der Waals surface area contributed by atoms with Crippen molar-refractivity contribution in [1.82, 2.24) is 15.5 Å². The van der Waals surface area contributed by atoms with E-state index in [0.717, 1.165) is 19.0 Å². The highest BCUT2D eigenvalue weighted by atomic mass is 15.2. The maximum absolute atomic E-state index is 4.71. The Hall–Kier alpha value is -1.55. The minimum absolute atomic E-state index is 0.00412. The van der Waals surface area contributed by atoms with Crippen molar-refractivity contribution in [2.45, 2.75) is 46.3 Å². The van der Waals surface area contributed by atoms with Crippen LogP contribution in [-0.4, -0.2) is 37.0 Å². The minimum atomic E-state index is 0.00412. The summed E-state index contributed by atoms with van der Waals surface area (Å²) in [7, 11) is 4.18. The molecule has 0 saturated heterocycles. The third kappa shape index (κ3) is 7.14. The fraction of sp³-hybridized carbons (Fsp3) is 0.588. The van der Waals surface area contributed by atoms with Crippen molar-refractivity contribution in [3.05, 3.63) is 35.4 Å². The Kier molecular flexibility index (Phi) is 6.69. The van der Waals surface area contributed by atoms with Crippen LogP contribution < -0.4 is 10.6 Å². The summed E-state index contributed by atoms with van der Waals surface area (Å²) in [5, 5.41) is 6.71. The highest BCUT2D eigenvalue weighted by Crippen LogP contribution is 2.12. The first-order valence-electron chi connectivity index (χ1n) is 7.60. The average molecular weight is 290 g/mol. The summed E-state index contributed by atoms with van der Waals surface area (Å²) in [6, 6.07) is 8.50. The van der Waals surface area contributed by atoms with Crippen LogP contribution in [0.5, 0.6) is 0 Å². The molecule has 118 valence electrons. The number of hydrogen-bond donors (Lipinski definition) is 2. The standard InChI is InChI=1S/C17H30N4/c1-7-18-16(20-17(2,3)4)19-12-14-10-8-9-11-15(14)13-21(5)6/h8-11H,7,12-13H2,1-6H3,(H2,18,19,20). The van der Waals surface area contributed by atoms with Gasteiger partial charge in [0.25, 0.3) is 0 Å². The van der Waals surface area contributed by atoms with E-state index in [1.807, 2.05) is 0 Å². The summed E-state index contributed by atoms with van der Waals surface area (Å²) in [5.41, 5.74) is 2.61. The fourth-order valence-electron chi connectivity index (χ4n) is 2.03. The van der Waals surface area contributed by atoms with E-state index in [1.54, 1.807) is 0 Å². The van der Waals surface area contributed by atoms with E-state index in [1.165, 1.54) is 11.1 Å². The number of nitrogens with one attached hydrogen (secondary N) is 2. The first-order valence-corrected chi connectivity index (χ1v) is 7.60. The molecule has 0 aliphatic heterocycles. The Morgan fingerprint density at radius 2 is 1.76 bits per heavy atom. The second-order valence-electron chi connectivity index (χ2n) is 6.58. The van der Waals surface area contributed by atoms with Crippen LogP contribution in [0.4, 0.5) is 0 Å². The molecule has 0 radical (unpaired) electrons. The summed E-state index contributed by atoms with van der Waals surface area (Å²) in [6.45, 7) is 11.0. The van der Waals surface area contributed by atoms with E-state index in [4.69, 9.17) is 4.99 Å². The quantitative estimate of drug-likeness (QED) is 0.647. The van der Waals surface area contributed by atoms with Crippen molar-refractivity contribution >= 4 is 5.96 Å². The van der Waals surface area contributed by atoms with Crippen molar-refractivity contribution in [3.63, 3.8) is 0 Å². The predicted molar refractivity (Wildman–Crippen MR) is 91.5 cm³/mol. The van der Waals surface area contributed by atoms with Crippen LogP contribution in [0, 0.1) is 0 Å². The van der Waals surface area contributed by atoms with Gasteiger partial charge in [0.05, 0.1) is 6.54 Å². The number of guanidine groups is 1. The second kappa shape index (κ2) is 8.03. The van der Waals surface area contributed by atoms with Gasteiger partial charge in [0.2, 0.25) is 0 Å². The smallest absolute Gasteiger partial charge is 0.191 e. The van der Waals surface area contributed by atoms with Gasteiger partial charge in [-0.1, -0.05) is 24.3 Å². The van der Waals surface area contributed by atoms with Gasteiger partial charge < -0.3 is 15.5 Å². The maximum atomic E-state index is 4.71. The number of aliphatic imine (C=N–C) groups is 1. The van der Waals surface area contributed by atoms with Crippen LogP contribution in [0.2, 0.25) is 0 Å². The SMILES string of the molecule is CCNC(=NCc1ccccc1CN(C)C)NC(C)(C)C. The van der Waals surface area contributed by atoms with Crippen LogP contribution in [-0.2, 0) is 13.1 Å². The molecule has 4 heteroatoms. The van der Waals surface area contributed by atoms with Gasteiger partial charge in [-0.2, -0.15) is 0 Å². The van der Waals surface area contributed by atoms with Gasteiger partial charge in [-0.05, 0) is 52.9 Å². The molecular weight excluding hydrogens is 260 g/mol. The van der Waals surface area contributed by atoms with Crippen LogP contribution >= 0.6 is 0 Å². The monoisotopic (exact) mass is 290 g/mol. The molecule has 0 aromatic heterocycles. The molecule has 1 aromatic rings. The summed E-state index contributed by atoms with van der Waals surface area (Å²) in [5.74, 6) is 0.865. The van der Waals surface area contributed by atoms with Crippen LogP contribution in [0.25, 0.3) is 0 Å². The predicted octanol–water partition coefficient (Wildman–Crippen LogP) is 2.60. The van der Waals surface area contributed by atoms with Crippen molar-refractivity contribution in [2.24, 2.45) is 4.99 Å². The van der Waals surface area contributed by atoms with Gasteiger partial charge in [-0.15, -0.1) is 0 Å². The third-order valence-electron chi connectivity index (χ3n) is 2.85. The van der Waals surface area contributed by atoms with Gasteiger partial charge in [0.1, 0.15) is 0 Å². The molecule has 0 atom stereocenters. The lowest BCUT2D eigenvalue weighted by Gasteiger charge is -2.24. The Morgan fingerprint density at radius 1 is 1.14 bits per heavy atom. The van der Waals surface area contributed by atoms with E-state index in [-0.39, 0.29) is 5.54 Å². The third-order valence-corrected chi connectivity index (χ3v) is 2.85. The largest absolute Gasteiger partial charge is 0.357 e. The molecule has 0 heterocycles. The highest BCUT2D eigenvalue weighted by molar-refractivity contribution is 5.80. The Labute approximate surface area is 129 Å². The second-order valence-corrected chi connectivity index (χ2v) is 6.58. The average Bonchev–Trinajstić information content (AvgIpc) is 2.35. The Balaban J connectivity index is 2.84. The molecular formula is C17H30N4. The van der Waals surface area contributed by atoms with Gasteiger partial charge in [0, 0.05) is 18.6 Å². The first kappa shape index (κ1) is 17.5. The van der Waals surface area contributed by atoms with Crippen molar-refractivity contribution in [1.29, 1.82) is 0 Å². The van der Waals surface area contributed by atoms with Crippen LogP contribution in [0.1, 0.15) is 38.8 Å². The number of hydrogen-bond acceptors (Lipinski definition) is 2. The fourth-order valence-corrected chi connectivity index (χ4v) is 2.03. The van der Waals surface area contributed by atoms with E-state index in [9.17, 15) is 0 Å². The zero-order valence-corrected chi connectivity index (χ0v) is 14.3. The molecule has 21 heavy (non-hydrogen) atoms. The van der Waals surface area contributed by atoms with E-state index in [2.05, 4.69) is 81.6 Å². The summed E-state index contributed by atoms with van der Waals surface area (Å²) < 4.78 is 0. The number of rotatable bonds is 5. The molecule has 4 nitrogen and oxygen atoms in total. The Bertz CT molecular complexity index is 458. The molecule has 0 fully saturated rings. The number of nitrogens with zero attached hydrogens (tertiary/aromatic N) is 2. The molecule has 0 aliphatic carbocycles. The van der Waals surface area contributed by atoms with E-state index < -0.39 is 0 Å². The van der Waals surface area contributed by atoms with Crippen molar-refractivity contribution < 1.29 is 0 Å². The molecule has 1 rings (SSSR count). The summed E-state index contributed by atoms with van der Waals surface area (Å²) in [4.78, 5) is 6.89. The molecule has 1 aromatic carbocycles. The summed E-state index contributed by atoms with van der Waals surface area (Å²) >= 11 is 0. The lowest BCUT2D eigenvalue weighted by Crippen LogP contribution is -2.47. The molecule has 0 spiro atoms. The van der Waals surface area contributed by atoms with Gasteiger partial charge in [-0.3, -0.25) is 0 Å². The van der Waals surface area contributed by atoms with Gasteiger partial charge in [-0.25, -0.2) is 4.99 Å². The van der Waals surface area contributed by atoms with Gasteiger partial charge >= 0.3 is 0 Å². The summed E-state index contributed by atoms with van der Waals surface area (Å²) in [6.07, 6.45) is 0. The van der Waals surface area contributed by atoms with Crippen LogP contribution in [0.15, 0.2) is 29.3 Å². The van der Waals surface area contributed by atoms with E-state index >= 15 is 0 Å².